The molecule has 0 atom stereocenters. The van der Waals surface area contributed by atoms with Gasteiger partial charge in [-0.15, -0.1) is 0 Å². The second-order valence-electron chi connectivity index (χ2n) is 4.70. The molecule has 0 aliphatic heterocycles. The van der Waals surface area contributed by atoms with Crippen LogP contribution in [0.3, 0.4) is 0 Å². The molecule has 0 radical (unpaired) electrons. The third-order valence-corrected chi connectivity index (χ3v) is 3.99. The molecule has 112 valence electrons. The van der Waals surface area contributed by atoms with Gasteiger partial charge in [0.15, 0.2) is 0 Å². The molecule has 0 saturated heterocycles. The van der Waals surface area contributed by atoms with Crippen LogP contribution < -0.4 is 11.1 Å². The molecule has 7 heteroatoms. The van der Waals surface area contributed by atoms with E-state index in [1.807, 2.05) is 41.1 Å². The van der Waals surface area contributed by atoms with E-state index in [2.05, 4.69) is 15.3 Å². The molecule has 3 aromatic rings. The van der Waals surface area contributed by atoms with E-state index >= 15 is 0 Å². The van der Waals surface area contributed by atoms with Crippen molar-refractivity contribution >= 4 is 33.9 Å². The van der Waals surface area contributed by atoms with Crippen LogP contribution >= 0.6 is 11.8 Å². The number of amides is 1. The predicted molar refractivity (Wildman–Crippen MR) is 88.1 cm³/mol. The van der Waals surface area contributed by atoms with Crippen LogP contribution in [-0.2, 0) is 6.54 Å². The van der Waals surface area contributed by atoms with E-state index in [0.717, 1.165) is 33.3 Å². The highest BCUT2D eigenvalue weighted by atomic mass is 32.2. The van der Waals surface area contributed by atoms with Gasteiger partial charge in [0.05, 0.1) is 5.39 Å². The van der Waals surface area contributed by atoms with Gasteiger partial charge in [-0.3, -0.25) is 4.79 Å². The highest BCUT2D eigenvalue weighted by Gasteiger charge is 2.16. The lowest BCUT2D eigenvalue weighted by molar-refractivity contribution is 0.267. The van der Waals surface area contributed by atoms with Gasteiger partial charge >= 0.3 is 0 Å². The summed E-state index contributed by atoms with van der Waals surface area (Å²) < 4.78 is 2.00. The minimum atomic E-state index is -0.454. The average Bonchev–Trinajstić information content (AvgIpc) is 2.85. The van der Waals surface area contributed by atoms with Gasteiger partial charge in [0, 0.05) is 24.7 Å². The predicted octanol–water partition coefficient (Wildman–Crippen LogP) is 2.69. The zero-order valence-electron chi connectivity index (χ0n) is 12.0. The minimum Gasteiger partial charge on any atom is -0.372 e. The lowest BCUT2D eigenvalue weighted by Crippen LogP contribution is -2.01. The number of rotatable bonds is 4. The van der Waals surface area contributed by atoms with E-state index in [1.165, 1.54) is 6.33 Å². The van der Waals surface area contributed by atoms with Gasteiger partial charge in [-0.1, -0.05) is 30.3 Å². The quantitative estimate of drug-likeness (QED) is 0.723. The Labute approximate surface area is 131 Å². The van der Waals surface area contributed by atoms with Crippen LogP contribution in [0.2, 0.25) is 0 Å². The number of aromatic nitrogens is 3. The Kier molecular flexibility index (Phi) is 3.97. The molecular formula is C15H15N5OS. The van der Waals surface area contributed by atoms with Crippen molar-refractivity contribution in [1.29, 1.82) is 0 Å². The Balaban J connectivity index is 2.12. The first kappa shape index (κ1) is 14.4. The van der Waals surface area contributed by atoms with Crippen LogP contribution in [-0.4, -0.2) is 26.8 Å². The Morgan fingerprint density at radius 1 is 1.32 bits per heavy atom. The van der Waals surface area contributed by atoms with E-state index in [4.69, 9.17) is 5.73 Å². The van der Waals surface area contributed by atoms with Crippen LogP contribution in [0.4, 0.5) is 10.6 Å². The molecule has 0 saturated carbocycles. The average molecular weight is 313 g/mol. The van der Waals surface area contributed by atoms with Crippen molar-refractivity contribution in [3.63, 3.8) is 0 Å². The maximum absolute atomic E-state index is 11.3. The van der Waals surface area contributed by atoms with Crippen molar-refractivity contribution in [2.75, 3.05) is 12.4 Å². The fraction of sp³-hybridized carbons (Fsp3) is 0.133. The molecule has 1 aromatic carbocycles. The molecule has 3 rings (SSSR count). The molecular weight excluding hydrogens is 298 g/mol. The van der Waals surface area contributed by atoms with Crippen molar-refractivity contribution in [3.05, 3.63) is 48.4 Å². The number of nitrogens with two attached hydrogens (primary N) is 1. The number of hydrogen-bond acceptors (Lipinski definition) is 5. The summed E-state index contributed by atoms with van der Waals surface area (Å²) in [6, 6.07) is 10.1. The van der Waals surface area contributed by atoms with Crippen molar-refractivity contribution in [2.45, 2.75) is 11.4 Å². The SMILES string of the molecule is CNc1ncnc2c1c(SC(N)=O)cn2Cc1ccccc1. The van der Waals surface area contributed by atoms with Crippen molar-refractivity contribution in [3.8, 4) is 0 Å². The number of carbonyl (C=O) groups excluding carboxylic acids is 1. The molecule has 22 heavy (non-hydrogen) atoms. The van der Waals surface area contributed by atoms with Crippen molar-refractivity contribution < 1.29 is 4.79 Å². The number of anilines is 1. The molecule has 0 aliphatic carbocycles. The smallest absolute Gasteiger partial charge is 0.281 e. The second-order valence-corrected chi connectivity index (χ2v) is 5.75. The lowest BCUT2D eigenvalue weighted by Gasteiger charge is -2.05. The molecule has 0 spiro atoms. The standard InChI is InChI=1S/C15H15N5OS/c1-17-13-12-11(22-15(16)21)8-20(14(12)19-9-18-13)7-10-5-3-2-4-6-10/h2-6,8-9H,7H2,1H3,(H2,16,21)(H,17,18,19). The first-order valence-corrected chi connectivity index (χ1v) is 7.53. The van der Waals surface area contributed by atoms with Gasteiger partial charge in [-0.25, -0.2) is 9.97 Å². The fourth-order valence-electron chi connectivity index (χ4n) is 2.36. The van der Waals surface area contributed by atoms with E-state index in [1.54, 1.807) is 7.05 Å². The molecule has 2 aromatic heterocycles. The Bertz CT molecular complexity index is 815. The fourth-order valence-corrected chi connectivity index (χ4v) is 3.05. The zero-order chi connectivity index (χ0) is 15.5. The molecule has 1 amide bonds. The third-order valence-electron chi connectivity index (χ3n) is 3.26. The first-order valence-electron chi connectivity index (χ1n) is 6.72. The summed E-state index contributed by atoms with van der Waals surface area (Å²) in [4.78, 5) is 20.6. The van der Waals surface area contributed by atoms with Crippen molar-refractivity contribution in [1.82, 2.24) is 14.5 Å². The number of primary amides is 1. The maximum atomic E-state index is 11.3. The number of carbonyl (C=O) groups is 1. The molecule has 6 nitrogen and oxygen atoms in total. The Morgan fingerprint density at radius 2 is 2.09 bits per heavy atom. The van der Waals surface area contributed by atoms with Gasteiger partial charge in [0.25, 0.3) is 5.24 Å². The lowest BCUT2D eigenvalue weighted by atomic mass is 10.2. The van der Waals surface area contributed by atoms with Crippen LogP contribution in [0.15, 0.2) is 47.8 Å². The van der Waals surface area contributed by atoms with Gasteiger partial charge in [0.2, 0.25) is 0 Å². The van der Waals surface area contributed by atoms with E-state index < -0.39 is 5.24 Å². The molecule has 0 fully saturated rings. The molecule has 0 aliphatic rings. The number of benzene rings is 1. The Hall–Kier alpha value is -2.54. The Morgan fingerprint density at radius 3 is 2.77 bits per heavy atom. The molecule has 0 unspecified atom stereocenters. The molecule has 3 N–H and O–H groups in total. The van der Waals surface area contributed by atoms with Crippen LogP contribution in [0.25, 0.3) is 11.0 Å². The monoisotopic (exact) mass is 313 g/mol. The molecule has 2 heterocycles. The summed E-state index contributed by atoms with van der Waals surface area (Å²) in [6.45, 7) is 0.664. The van der Waals surface area contributed by atoms with Crippen LogP contribution in [0, 0.1) is 0 Å². The van der Waals surface area contributed by atoms with Gasteiger partial charge in [-0.05, 0) is 17.3 Å². The first-order chi connectivity index (χ1) is 10.7. The number of nitrogens with one attached hydrogen (secondary N) is 1. The van der Waals surface area contributed by atoms with E-state index in [-0.39, 0.29) is 0 Å². The molecule has 0 bridgehead atoms. The van der Waals surface area contributed by atoms with Crippen LogP contribution in [0.1, 0.15) is 5.56 Å². The number of hydrogen-bond donors (Lipinski definition) is 2. The highest BCUT2D eigenvalue weighted by Crippen LogP contribution is 2.33. The van der Waals surface area contributed by atoms with Crippen LogP contribution in [0.5, 0.6) is 0 Å². The number of nitrogens with zero attached hydrogens (tertiary/aromatic N) is 3. The summed E-state index contributed by atoms with van der Waals surface area (Å²) in [5.41, 5.74) is 7.25. The summed E-state index contributed by atoms with van der Waals surface area (Å²) in [7, 11) is 1.79. The summed E-state index contributed by atoms with van der Waals surface area (Å²) in [5, 5.41) is 3.39. The van der Waals surface area contributed by atoms with Gasteiger partial charge < -0.3 is 15.6 Å². The second kappa shape index (κ2) is 6.07. The number of fused-ring (bicyclic) bond motifs is 1. The van der Waals surface area contributed by atoms with Gasteiger partial charge in [-0.2, -0.15) is 0 Å². The zero-order valence-corrected chi connectivity index (χ0v) is 12.8. The summed E-state index contributed by atoms with van der Waals surface area (Å²) >= 11 is 0.987. The minimum absolute atomic E-state index is 0.454. The summed E-state index contributed by atoms with van der Waals surface area (Å²) in [6.07, 6.45) is 3.40. The largest absolute Gasteiger partial charge is 0.372 e. The maximum Gasteiger partial charge on any atom is 0.281 e. The topological polar surface area (TPSA) is 85.8 Å². The summed E-state index contributed by atoms with van der Waals surface area (Å²) in [5.74, 6) is 0.681. The van der Waals surface area contributed by atoms with Gasteiger partial charge in [0.1, 0.15) is 17.8 Å². The van der Waals surface area contributed by atoms with E-state index in [9.17, 15) is 4.79 Å². The highest BCUT2D eigenvalue weighted by molar-refractivity contribution is 8.13. The third kappa shape index (κ3) is 2.75. The normalized spacial score (nSPS) is 10.8. The van der Waals surface area contributed by atoms with Crippen molar-refractivity contribution in [2.24, 2.45) is 5.73 Å². The number of thioether (sulfide) groups is 1. The van der Waals surface area contributed by atoms with E-state index in [0.29, 0.717) is 12.4 Å².